The summed E-state index contributed by atoms with van der Waals surface area (Å²) in [5.41, 5.74) is 10.0. The zero-order valence-electron chi connectivity index (χ0n) is 15.0. The van der Waals surface area contributed by atoms with E-state index in [9.17, 15) is 4.79 Å². The minimum Gasteiger partial charge on any atom is -0.497 e. The molecule has 0 saturated carbocycles. The molecule has 0 aliphatic heterocycles. The lowest BCUT2D eigenvalue weighted by atomic mass is 10.0. The van der Waals surface area contributed by atoms with Crippen LogP contribution in [-0.2, 0) is 4.74 Å². The molecule has 0 unspecified atom stereocenters. The van der Waals surface area contributed by atoms with E-state index in [4.69, 9.17) is 15.2 Å². The average Bonchev–Trinajstić information content (AvgIpc) is 2.99. The molecule has 4 aromatic rings. The largest absolute Gasteiger partial charge is 0.497 e. The summed E-state index contributed by atoms with van der Waals surface area (Å²) in [7, 11) is 1.65. The number of hydrogen-bond donors (Lipinski definition) is 1. The van der Waals surface area contributed by atoms with Gasteiger partial charge in [0.2, 0.25) is 0 Å². The normalized spacial score (nSPS) is 11.3. The second kappa shape index (κ2) is 5.95. The quantitative estimate of drug-likeness (QED) is 0.340. The number of carbonyl (C=O) groups is 1. The highest BCUT2D eigenvalue weighted by molar-refractivity contribution is 6.15. The summed E-state index contributed by atoms with van der Waals surface area (Å²) < 4.78 is 12.7. The van der Waals surface area contributed by atoms with Crippen molar-refractivity contribution in [3.8, 4) is 5.75 Å². The molecule has 0 amide bonds. The molecular weight excluding hydrogens is 328 g/mol. The first-order valence-corrected chi connectivity index (χ1v) is 8.53. The summed E-state index contributed by atoms with van der Waals surface area (Å²) in [6.45, 7) is 4.07. The van der Waals surface area contributed by atoms with E-state index in [1.807, 2.05) is 49.4 Å². The van der Waals surface area contributed by atoms with Gasteiger partial charge in [-0.25, -0.2) is 4.79 Å². The first kappa shape index (κ1) is 16.3. The number of methoxy groups -OCH3 is 1. The van der Waals surface area contributed by atoms with E-state index in [1.54, 1.807) is 14.0 Å². The van der Waals surface area contributed by atoms with Crippen molar-refractivity contribution in [2.75, 3.05) is 19.5 Å². The number of ether oxygens (including phenoxy) is 2. The Bertz CT molecular complexity index is 1170. The van der Waals surface area contributed by atoms with E-state index < -0.39 is 0 Å². The zero-order valence-corrected chi connectivity index (χ0v) is 15.0. The van der Waals surface area contributed by atoms with Crippen molar-refractivity contribution in [1.82, 2.24) is 4.40 Å². The predicted molar refractivity (Wildman–Crippen MR) is 104 cm³/mol. The van der Waals surface area contributed by atoms with Crippen LogP contribution in [0.4, 0.5) is 5.69 Å². The van der Waals surface area contributed by atoms with E-state index in [-0.39, 0.29) is 5.97 Å². The number of pyridine rings is 1. The molecule has 2 aromatic heterocycles. The van der Waals surface area contributed by atoms with E-state index in [2.05, 4.69) is 4.40 Å². The number of nitrogens with zero attached hydrogens (tertiary/aromatic N) is 1. The minimum atomic E-state index is -0.318. The van der Waals surface area contributed by atoms with E-state index in [1.165, 1.54) is 0 Å². The van der Waals surface area contributed by atoms with Gasteiger partial charge in [-0.15, -0.1) is 0 Å². The maximum Gasteiger partial charge on any atom is 0.339 e. The molecule has 2 aromatic carbocycles. The Kier molecular flexibility index (Phi) is 3.72. The standard InChI is InChI=1S/C21H20N2O3/c1-4-26-21(24)17-11-20-18-9-13(22)5-7-15(18)16-8-6-14(25-3)10-19(16)23(20)12(17)2/h5-11H,4,22H2,1-3H3. The summed E-state index contributed by atoms with van der Waals surface area (Å²) in [6, 6.07) is 13.7. The lowest BCUT2D eigenvalue weighted by Crippen LogP contribution is -2.05. The summed E-state index contributed by atoms with van der Waals surface area (Å²) >= 11 is 0. The molecule has 0 radical (unpaired) electrons. The van der Waals surface area contributed by atoms with Crippen LogP contribution >= 0.6 is 0 Å². The highest BCUT2D eigenvalue weighted by Gasteiger charge is 2.19. The van der Waals surface area contributed by atoms with Gasteiger partial charge in [-0.2, -0.15) is 0 Å². The van der Waals surface area contributed by atoms with Crippen LogP contribution in [0.15, 0.2) is 42.5 Å². The van der Waals surface area contributed by atoms with E-state index in [0.717, 1.165) is 38.6 Å². The fraction of sp³-hybridized carbons (Fsp3) is 0.190. The van der Waals surface area contributed by atoms with Gasteiger partial charge in [0.25, 0.3) is 0 Å². The SMILES string of the molecule is CCOC(=O)c1cc2c3cc(N)ccc3c3ccc(OC)cc3n2c1C. The van der Waals surface area contributed by atoms with Crippen LogP contribution in [-0.4, -0.2) is 24.1 Å². The Morgan fingerprint density at radius 2 is 1.77 bits per heavy atom. The molecule has 2 heterocycles. The van der Waals surface area contributed by atoms with Gasteiger partial charge < -0.3 is 19.6 Å². The lowest BCUT2D eigenvalue weighted by Gasteiger charge is -2.12. The topological polar surface area (TPSA) is 66.0 Å². The van der Waals surface area contributed by atoms with E-state index in [0.29, 0.717) is 17.9 Å². The van der Waals surface area contributed by atoms with Gasteiger partial charge in [0.05, 0.1) is 30.3 Å². The second-order valence-electron chi connectivity index (χ2n) is 6.27. The third-order valence-electron chi connectivity index (χ3n) is 4.80. The van der Waals surface area contributed by atoms with E-state index >= 15 is 0 Å². The van der Waals surface area contributed by atoms with Gasteiger partial charge in [-0.05, 0) is 49.6 Å². The van der Waals surface area contributed by atoms with Gasteiger partial charge in [0.1, 0.15) is 5.75 Å². The highest BCUT2D eigenvalue weighted by Crippen LogP contribution is 2.35. The predicted octanol–water partition coefficient (Wildman–Crippen LogP) is 4.32. The van der Waals surface area contributed by atoms with Crippen LogP contribution in [0.3, 0.4) is 0 Å². The summed E-state index contributed by atoms with van der Waals surface area (Å²) in [5.74, 6) is 0.446. The first-order valence-electron chi connectivity index (χ1n) is 8.53. The van der Waals surface area contributed by atoms with Crippen molar-refractivity contribution in [3.05, 3.63) is 53.7 Å². The molecule has 0 bridgehead atoms. The molecule has 5 heteroatoms. The van der Waals surface area contributed by atoms with Gasteiger partial charge >= 0.3 is 5.97 Å². The molecule has 0 atom stereocenters. The average molecular weight is 348 g/mol. The number of nitrogens with two attached hydrogens (primary N) is 1. The second-order valence-corrected chi connectivity index (χ2v) is 6.27. The molecule has 4 rings (SSSR count). The van der Waals surface area contributed by atoms with Gasteiger partial charge in [0, 0.05) is 28.2 Å². The van der Waals surface area contributed by atoms with Crippen molar-refractivity contribution in [2.45, 2.75) is 13.8 Å². The molecular formula is C21H20N2O3. The number of carbonyl (C=O) groups excluding carboxylic acids is 1. The Hall–Kier alpha value is -3.21. The van der Waals surface area contributed by atoms with Gasteiger partial charge in [0.15, 0.2) is 0 Å². The summed E-state index contributed by atoms with van der Waals surface area (Å²) in [6.07, 6.45) is 0. The number of aryl methyl sites for hydroxylation is 1. The Morgan fingerprint density at radius 3 is 2.50 bits per heavy atom. The zero-order chi connectivity index (χ0) is 18.4. The Morgan fingerprint density at radius 1 is 1.04 bits per heavy atom. The summed E-state index contributed by atoms with van der Waals surface area (Å²) in [5, 5.41) is 3.15. The Balaban J connectivity index is 2.22. The van der Waals surface area contributed by atoms with Crippen molar-refractivity contribution in [3.63, 3.8) is 0 Å². The maximum absolute atomic E-state index is 12.4. The molecule has 2 N–H and O–H groups in total. The van der Waals surface area contributed by atoms with Crippen LogP contribution in [0, 0.1) is 6.92 Å². The van der Waals surface area contributed by atoms with Crippen LogP contribution in [0.1, 0.15) is 23.0 Å². The van der Waals surface area contributed by atoms with Crippen molar-refractivity contribution >= 4 is 38.8 Å². The van der Waals surface area contributed by atoms with Crippen LogP contribution in [0.25, 0.3) is 27.2 Å². The molecule has 132 valence electrons. The number of fused-ring (bicyclic) bond motifs is 6. The number of anilines is 1. The number of aromatic nitrogens is 1. The van der Waals surface area contributed by atoms with Crippen molar-refractivity contribution in [2.24, 2.45) is 0 Å². The van der Waals surface area contributed by atoms with Gasteiger partial charge in [-0.1, -0.05) is 6.07 Å². The molecule has 0 aliphatic carbocycles. The van der Waals surface area contributed by atoms with Crippen molar-refractivity contribution in [1.29, 1.82) is 0 Å². The van der Waals surface area contributed by atoms with Crippen LogP contribution < -0.4 is 10.5 Å². The lowest BCUT2D eigenvalue weighted by molar-refractivity contribution is 0.0525. The number of hydrogen-bond acceptors (Lipinski definition) is 4. The molecule has 0 saturated heterocycles. The fourth-order valence-electron chi connectivity index (χ4n) is 3.59. The van der Waals surface area contributed by atoms with Gasteiger partial charge in [-0.3, -0.25) is 0 Å². The van der Waals surface area contributed by atoms with Crippen LogP contribution in [0.5, 0.6) is 5.75 Å². The smallest absolute Gasteiger partial charge is 0.339 e. The monoisotopic (exact) mass is 348 g/mol. The highest BCUT2D eigenvalue weighted by atomic mass is 16.5. The molecule has 5 nitrogen and oxygen atoms in total. The molecule has 26 heavy (non-hydrogen) atoms. The molecule has 0 fully saturated rings. The van der Waals surface area contributed by atoms with Crippen molar-refractivity contribution < 1.29 is 14.3 Å². The number of benzene rings is 2. The summed E-state index contributed by atoms with van der Waals surface area (Å²) in [4.78, 5) is 12.4. The molecule has 0 spiro atoms. The number of esters is 1. The first-order chi connectivity index (χ1) is 12.5. The fourth-order valence-corrected chi connectivity index (χ4v) is 3.59. The Labute approximate surface area is 150 Å². The number of rotatable bonds is 3. The minimum absolute atomic E-state index is 0.318. The van der Waals surface area contributed by atoms with Crippen LogP contribution in [0.2, 0.25) is 0 Å². The molecule has 0 aliphatic rings. The maximum atomic E-state index is 12.4. The third kappa shape index (κ3) is 2.28. The third-order valence-corrected chi connectivity index (χ3v) is 4.80. The number of nitrogen functional groups attached to an aromatic ring is 1.